The molecular weight excluding hydrogens is 482 g/mol. The summed E-state index contributed by atoms with van der Waals surface area (Å²) >= 11 is 5.92. The molecule has 10 radical (unpaired) electrons. The molecular formula is C25H24ClFeN3O3. The number of hydrogen-bond acceptors (Lipinski definition) is 4. The van der Waals surface area contributed by atoms with Crippen LogP contribution < -0.4 is 5.11 Å². The zero-order chi connectivity index (χ0) is 22.8. The van der Waals surface area contributed by atoms with E-state index in [0.717, 1.165) is 5.92 Å². The molecule has 2 saturated carbocycles. The van der Waals surface area contributed by atoms with Gasteiger partial charge in [0.25, 0.3) is 0 Å². The average Bonchev–Trinajstić information content (AvgIpc) is 3.56. The monoisotopic (exact) mass is 505 g/mol. The number of rotatable bonds is 8. The van der Waals surface area contributed by atoms with Crippen molar-refractivity contribution in [2.24, 2.45) is 0 Å². The van der Waals surface area contributed by atoms with Crippen LogP contribution in [0.3, 0.4) is 0 Å². The van der Waals surface area contributed by atoms with Crippen molar-refractivity contribution in [3.8, 4) is 0 Å². The van der Waals surface area contributed by atoms with Gasteiger partial charge in [-0.25, -0.2) is 4.79 Å². The molecule has 1 aromatic heterocycles. The maximum atomic E-state index is 12.4. The summed E-state index contributed by atoms with van der Waals surface area (Å²) in [6.45, 7) is 2.05. The molecule has 0 spiro atoms. The molecule has 33 heavy (non-hydrogen) atoms. The fraction of sp³-hybridized carbons (Fsp3) is 0.200. The zero-order valence-electron chi connectivity index (χ0n) is 18.1. The summed E-state index contributed by atoms with van der Waals surface area (Å²) in [5.74, 6) is 0.382. The van der Waals surface area contributed by atoms with Gasteiger partial charge in [0.05, 0.1) is 12.3 Å². The number of halogens is 1. The summed E-state index contributed by atoms with van der Waals surface area (Å²) in [5, 5.41) is 21.7. The molecule has 1 aromatic carbocycles. The van der Waals surface area contributed by atoms with Gasteiger partial charge in [-0.3, -0.25) is 4.68 Å². The van der Waals surface area contributed by atoms with E-state index in [9.17, 15) is 9.90 Å². The number of carbonyl (C=O) groups excluding carboxylic acids is 1. The molecule has 0 saturated heterocycles. The largest absolute Gasteiger partial charge is 2.00 e. The maximum Gasteiger partial charge on any atom is 2.00 e. The quantitative estimate of drug-likeness (QED) is 0.402. The Balaban J connectivity index is 0.000000568. The minimum absolute atomic E-state index is 0. The Morgan fingerprint density at radius 1 is 1.12 bits per heavy atom. The van der Waals surface area contributed by atoms with Crippen LogP contribution in [0.1, 0.15) is 23.1 Å². The number of aromatic nitrogens is 2. The fourth-order valence-corrected chi connectivity index (χ4v) is 3.15. The molecule has 2 aliphatic rings. The van der Waals surface area contributed by atoms with Crippen molar-refractivity contribution >= 4 is 23.3 Å². The minimum atomic E-state index is -1.07. The summed E-state index contributed by atoms with van der Waals surface area (Å²) in [6.07, 6.45) is 16.5. The first kappa shape index (κ1) is 27.7. The van der Waals surface area contributed by atoms with Crippen LogP contribution in [0.2, 0.25) is 5.02 Å². The number of carbonyl (C=O) groups is 1. The second kappa shape index (κ2) is 14.7. The van der Waals surface area contributed by atoms with Crippen LogP contribution in [0.15, 0.2) is 30.3 Å². The molecule has 6 nitrogen and oxygen atoms in total. The Bertz CT molecular complexity index is 844. The van der Waals surface area contributed by atoms with Crippen molar-refractivity contribution in [1.82, 2.24) is 9.78 Å². The smallest absolute Gasteiger partial charge is 0.852 e. The molecule has 2 fully saturated rings. The number of esters is 1. The van der Waals surface area contributed by atoms with E-state index in [1.165, 1.54) is 4.68 Å². The second-order valence-electron chi connectivity index (χ2n) is 6.90. The van der Waals surface area contributed by atoms with Crippen molar-refractivity contribution in [2.45, 2.75) is 19.6 Å². The van der Waals surface area contributed by atoms with Gasteiger partial charge in [0, 0.05) is 17.5 Å². The van der Waals surface area contributed by atoms with Crippen LogP contribution in [0.25, 0.3) is 5.32 Å². The van der Waals surface area contributed by atoms with Crippen LogP contribution >= 0.6 is 11.6 Å². The molecule has 0 bridgehead atoms. The Labute approximate surface area is 212 Å². The Kier molecular flexibility index (Phi) is 12.3. The topological polar surface area (TPSA) is 81.3 Å². The van der Waals surface area contributed by atoms with Crippen molar-refractivity contribution in [1.29, 1.82) is 0 Å². The van der Waals surface area contributed by atoms with Crippen molar-refractivity contribution in [3.05, 3.63) is 116 Å². The summed E-state index contributed by atoms with van der Waals surface area (Å²) in [5.41, 5.74) is 1.53. The average molecular weight is 506 g/mol. The number of nitrogens with zero attached hydrogens (tertiary/aromatic N) is 3. The first-order valence-electron chi connectivity index (χ1n) is 10.3. The SMILES string of the molecule is CCOC(=O)c1cc([C]2[CH][CH][CH][CH]2)nn1C[C@@H]([O-])C[N-]c1cccc(Cl)c1.[CH]1[CH][CH][CH][CH]1.[Fe+2]. The Morgan fingerprint density at radius 2 is 1.79 bits per heavy atom. The van der Waals surface area contributed by atoms with Crippen LogP contribution in [0.4, 0.5) is 5.69 Å². The van der Waals surface area contributed by atoms with E-state index in [2.05, 4.69) is 10.4 Å². The van der Waals surface area contributed by atoms with E-state index in [4.69, 9.17) is 16.3 Å². The van der Waals surface area contributed by atoms with Gasteiger partial charge in [0.15, 0.2) is 0 Å². The van der Waals surface area contributed by atoms with Crippen molar-refractivity contribution in [3.63, 3.8) is 0 Å². The number of hydrogen-bond donors (Lipinski definition) is 0. The summed E-state index contributed by atoms with van der Waals surface area (Å²) in [7, 11) is 0. The van der Waals surface area contributed by atoms with Gasteiger partial charge in [0.1, 0.15) is 5.69 Å². The molecule has 172 valence electrons. The summed E-state index contributed by atoms with van der Waals surface area (Å²) < 4.78 is 6.49. The van der Waals surface area contributed by atoms with Crippen molar-refractivity contribution in [2.75, 3.05) is 13.2 Å². The zero-order valence-corrected chi connectivity index (χ0v) is 19.9. The maximum absolute atomic E-state index is 12.4. The number of benzene rings is 1. The van der Waals surface area contributed by atoms with Crippen LogP contribution in [0, 0.1) is 63.7 Å². The minimum Gasteiger partial charge on any atom is -0.852 e. The van der Waals surface area contributed by atoms with Gasteiger partial charge >= 0.3 is 23.0 Å². The summed E-state index contributed by atoms with van der Waals surface area (Å²) in [6, 6.07) is 8.65. The van der Waals surface area contributed by atoms with Gasteiger partial charge in [-0.05, 0) is 76.8 Å². The molecule has 0 aliphatic heterocycles. The molecule has 2 aliphatic carbocycles. The molecule has 0 N–H and O–H groups in total. The van der Waals surface area contributed by atoms with Crippen LogP contribution in [-0.2, 0) is 28.4 Å². The molecule has 0 unspecified atom stereocenters. The van der Waals surface area contributed by atoms with Gasteiger partial charge < -0.3 is 15.2 Å². The first-order valence-corrected chi connectivity index (χ1v) is 10.7. The third kappa shape index (κ3) is 8.97. The van der Waals surface area contributed by atoms with E-state index >= 15 is 0 Å². The predicted molar refractivity (Wildman–Crippen MR) is 122 cm³/mol. The second-order valence-corrected chi connectivity index (χ2v) is 7.33. The standard InChI is InChI=1S/C20H19ClN3O3.C5H5.Fe/c1-2-27-20(26)19-11-18(14-6-3-4-7-14)23-24(19)13-17(25)12-22-16-9-5-8-15(21)10-16;1-2-4-5-3-1;/h3-11,17H,2,12-13H2,1H3;1-5H;/q-2;;+2/t17-;;/m0../s1. The summed E-state index contributed by atoms with van der Waals surface area (Å²) in [4.78, 5) is 12.2. The van der Waals surface area contributed by atoms with E-state index < -0.39 is 12.1 Å². The van der Waals surface area contributed by atoms with E-state index in [1.54, 1.807) is 37.3 Å². The van der Waals surface area contributed by atoms with Gasteiger partial charge in [-0.15, -0.1) is 18.3 Å². The van der Waals surface area contributed by atoms with Crippen LogP contribution in [-0.4, -0.2) is 35.0 Å². The molecule has 1 heterocycles. The Morgan fingerprint density at radius 3 is 2.39 bits per heavy atom. The number of ether oxygens (including phenoxy) is 1. The van der Waals surface area contributed by atoms with Gasteiger partial charge in [-0.2, -0.15) is 5.10 Å². The fourth-order valence-electron chi connectivity index (χ4n) is 2.96. The third-order valence-corrected chi connectivity index (χ3v) is 4.68. The third-order valence-electron chi connectivity index (χ3n) is 4.44. The Hall–Kier alpha value is -1.53. The van der Waals surface area contributed by atoms with E-state index in [1.807, 2.05) is 57.8 Å². The van der Waals surface area contributed by atoms with Gasteiger partial charge in [0.2, 0.25) is 0 Å². The molecule has 4 rings (SSSR count). The molecule has 8 heteroatoms. The van der Waals surface area contributed by atoms with Gasteiger partial charge in [-0.1, -0.05) is 29.8 Å². The predicted octanol–water partition coefficient (Wildman–Crippen LogP) is 3.92. The molecule has 0 amide bonds. The van der Waals surface area contributed by atoms with Crippen molar-refractivity contribution < 1.29 is 31.7 Å². The van der Waals surface area contributed by atoms with E-state index in [0.29, 0.717) is 16.4 Å². The first-order chi connectivity index (χ1) is 15.6. The molecule has 1 atom stereocenters. The normalized spacial score (nSPS) is 16.5. The van der Waals surface area contributed by atoms with Crippen LogP contribution in [0.5, 0.6) is 0 Å². The van der Waals surface area contributed by atoms with E-state index in [-0.39, 0.29) is 42.5 Å². The molecule has 2 aromatic rings.